The van der Waals surface area contributed by atoms with Crippen LogP contribution in [0.3, 0.4) is 0 Å². The van der Waals surface area contributed by atoms with Crippen molar-refractivity contribution in [3.8, 4) is 40.2 Å². The van der Waals surface area contributed by atoms with Gasteiger partial charge >= 0.3 is 20.0 Å². The SMILES string of the molecule is CCOc1cc(N(C)C)ccc1/C=C/C1=[N+](C)c2ccc(Cl)cc2C1(C)CC.N/C=N\N.N/C=N\N.N=CN=Nc1ccc(O)cc1O.N=CN=Nc1ccc(O)cc1O.NNc1ncc([N+](=O)[O-])s1.O.O.O.O=C1C=CC(=NN=c2[n-]cc([N+](=O)[O-])s2)C(O)=C1.O=C1C=CC(=NN=c2[n-]cc([N+](=O)[O-])s2)C(O)=C1.O=[N+]([O-])c1cnc(N=Nc2ccc(O)cc2O)s1.[Co]. The molecule has 2 aliphatic carbocycles. The summed E-state index contributed by atoms with van der Waals surface area (Å²) in [5.74, 6) is 12.7. The van der Waals surface area contributed by atoms with E-state index < -0.39 is 19.7 Å². The van der Waals surface area contributed by atoms with Crippen LogP contribution in [0.2, 0.25) is 5.02 Å². The molecule has 27 N–H and O–H groups in total. The molecule has 0 bridgehead atoms. The van der Waals surface area contributed by atoms with Gasteiger partial charge in [-0.25, -0.2) is 15.8 Å². The number of thiazole rings is 4. The third-order valence-electron chi connectivity index (χ3n) is 14.7. The Bertz CT molecular complexity index is 5680. The molecule has 128 heavy (non-hydrogen) atoms. The summed E-state index contributed by atoms with van der Waals surface area (Å²) in [5, 5.41) is 170. The van der Waals surface area contributed by atoms with Crippen LogP contribution >= 0.6 is 56.9 Å². The van der Waals surface area contributed by atoms with Gasteiger partial charge in [0.15, 0.2) is 17.3 Å². The number of hydrazine groups is 1. The summed E-state index contributed by atoms with van der Waals surface area (Å²) in [6.07, 6.45) is 20.4. The minimum atomic E-state index is -0.583. The fourth-order valence-electron chi connectivity index (χ4n) is 8.95. The van der Waals surface area contributed by atoms with Crippen LogP contribution in [0.1, 0.15) is 38.3 Å². The minimum Gasteiger partial charge on any atom is -0.508 e. The number of fused-ring (bicyclic) bond motifs is 1. The first kappa shape index (κ1) is 112. The number of ether oxygens (including phenoxy) is 1. The summed E-state index contributed by atoms with van der Waals surface area (Å²) in [6, 6.07) is 24.2. The van der Waals surface area contributed by atoms with Crippen molar-refractivity contribution in [2.75, 3.05) is 38.1 Å². The predicted molar refractivity (Wildman–Crippen MR) is 475 cm³/mol. The number of phenolic OH excluding ortho intramolecular Hbond substituents is 6. The van der Waals surface area contributed by atoms with Crippen molar-refractivity contribution >= 4 is 176 Å². The quantitative estimate of drug-likeness (QED) is 0.00525. The van der Waals surface area contributed by atoms with Gasteiger partial charge in [-0.3, -0.25) is 76.5 Å². The van der Waals surface area contributed by atoms with Crippen molar-refractivity contribution in [3.63, 3.8) is 0 Å². The van der Waals surface area contributed by atoms with Gasteiger partial charge in [0.05, 0.1) is 31.7 Å². The van der Waals surface area contributed by atoms with Gasteiger partial charge in [0.2, 0.25) is 16.0 Å². The summed E-state index contributed by atoms with van der Waals surface area (Å²) >= 11 is 9.48. The Kier molecular flexibility index (Phi) is 50.2. The van der Waals surface area contributed by atoms with Crippen molar-refractivity contribution in [3.05, 3.63) is 236 Å². The molecule has 12 rings (SSSR count). The van der Waals surface area contributed by atoms with Crippen molar-refractivity contribution in [1.82, 2.24) is 19.9 Å². The molecule has 1 unspecified atom stereocenters. The number of ketones is 2. The number of nitrogens with one attached hydrogen (secondary N) is 3. The van der Waals surface area contributed by atoms with Gasteiger partial charge in [0, 0.05) is 123 Å². The molecule has 52 nitrogen and oxygen atoms in total. The Hall–Kier alpha value is -16.0. The van der Waals surface area contributed by atoms with E-state index in [9.17, 15) is 65.4 Å². The molecular weight excluding hydrogens is 1840 g/mol. The molecule has 0 fully saturated rings. The number of rotatable bonds is 19. The van der Waals surface area contributed by atoms with Gasteiger partial charge in [-0.2, -0.15) is 14.8 Å². The molecule has 3 aliphatic rings. The van der Waals surface area contributed by atoms with Crippen LogP contribution in [0.15, 0.2) is 231 Å². The molecule has 1 aliphatic heterocycles. The Morgan fingerprint density at radius 3 is 1.40 bits per heavy atom. The number of carbonyl (C=O) groups is 2. The van der Waals surface area contributed by atoms with Gasteiger partial charge in [-0.05, 0) is 134 Å². The Morgan fingerprint density at radius 2 is 1.04 bits per heavy atom. The maximum Gasteiger partial charge on any atom is 0.345 e. The number of nitrogens with zero attached hydrogens (tertiary/aromatic N) is 22. The van der Waals surface area contributed by atoms with Crippen LogP contribution < -0.4 is 63.6 Å². The molecule has 5 aromatic carbocycles. The summed E-state index contributed by atoms with van der Waals surface area (Å²) in [6.45, 7) is 7.19. The third-order valence-corrected chi connectivity index (χ3v) is 18.3. The number of phenols is 6. The second kappa shape index (κ2) is 57.4. The third kappa shape index (κ3) is 36.6. The predicted octanol–water partition coefficient (Wildman–Crippen LogP) is 8.83. The average Bonchev–Trinajstić information content (AvgIpc) is 1.59. The Morgan fingerprint density at radius 1 is 0.602 bits per heavy atom. The number of allylic oxidation sites excluding steroid dienone is 7. The van der Waals surface area contributed by atoms with E-state index in [2.05, 4.69) is 183 Å². The second-order valence-electron chi connectivity index (χ2n) is 23.0. The van der Waals surface area contributed by atoms with Crippen LogP contribution in [0.25, 0.3) is 6.08 Å². The number of nitro groups is 4. The van der Waals surface area contributed by atoms with Gasteiger partial charge < -0.3 is 110 Å². The first-order valence-electron chi connectivity index (χ1n) is 33.9. The number of anilines is 2. The normalized spacial score (nSPS) is 14.0. The fourth-order valence-corrected chi connectivity index (χ4v) is 11.3. The van der Waals surface area contributed by atoms with Crippen LogP contribution in [0, 0.1) is 51.3 Å². The van der Waals surface area contributed by atoms with E-state index in [4.69, 9.17) is 58.5 Å². The van der Waals surface area contributed by atoms with Crippen molar-refractivity contribution < 1.29 is 113 Å². The zero-order valence-electron chi connectivity index (χ0n) is 67.0. The van der Waals surface area contributed by atoms with E-state index in [0.29, 0.717) is 11.7 Å². The summed E-state index contributed by atoms with van der Waals surface area (Å²) < 4.78 is 8.19. The number of benzene rings is 5. The van der Waals surface area contributed by atoms with Gasteiger partial charge in [0.1, 0.15) is 125 Å². The summed E-state index contributed by atoms with van der Waals surface area (Å²) in [4.78, 5) is 77.7. The Labute approximate surface area is 752 Å². The van der Waals surface area contributed by atoms with Crippen LogP contribution in [-0.2, 0) is 31.8 Å². The number of hydrazone groups is 2. The first-order valence-corrected chi connectivity index (χ1v) is 37.6. The fraction of sp³-hybridized carbons (Fsp3) is 0.129. The number of halogens is 1. The van der Waals surface area contributed by atoms with Crippen molar-refractivity contribution in [2.24, 2.45) is 90.3 Å². The molecule has 1 atom stereocenters. The van der Waals surface area contributed by atoms with Crippen LogP contribution in [-0.4, -0.2) is 173 Å². The molecule has 58 heteroatoms. The van der Waals surface area contributed by atoms with Crippen LogP contribution in [0.4, 0.5) is 58.7 Å². The molecule has 5 heterocycles. The number of nitrogen functional groups attached to an aromatic ring is 1. The molecule has 0 saturated heterocycles. The minimum absolute atomic E-state index is 0. The number of nitrogens with two attached hydrogens (primary N) is 5. The second-order valence-corrected chi connectivity index (χ2v) is 27.4. The van der Waals surface area contributed by atoms with E-state index in [1.54, 1.807) is 0 Å². The first-order chi connectivity index (χ1) is 59.0. The van der Waals surface area contributed by atoms with Gasteiger partial charge in [-0.15, -0.1) is 30.7 Å². The molecule has 9 aromatic rings. The average molecular weight is 1920 g/mol. The number of aromatic nitrogens is 4. The van der Waals surface area contributed by atoms with Crippen LogP contribution in [0.5, 0.6) is 40.2 Å². The van der Waals surface area contributed by atoms with Crippen molar-refractivity contribution in [1.29, 1.82) is 10.8 Å². The molecule has 0 saturated carbocycles. The summed E-state index contributed by atoms with van der Waals surface area (Å²) in [7, 11) is 6.21. The van der Waals surface area contributed by atoms with E-state index in [-0.39, 0.29) is 159 Å². The number of aromatic hydroxyl groups is 6. The molecule has 683 valence electrons. The summed E-state index contributed by atoms with van der Waals surface area (Å²) in [5.41, 5.74) is 18.1. The molecule has 1 radical (unpaired) electrons. The number of aliphatic hydroxyl groups excluding tert-OH is 2. The molecular formula is C70H80ClCoN30O22S4-. The smallest absolute Gasteiger partial charge is 0.345 e. The van der Waals surface area contributed by atoms with E-state index in [0.717, 1.165) is 154 Å². The monoisotopic (exact) mass is 1910 g/mol. The van der Waals surface area contributed by atoms with E-state index >= 15 is 0 Å². The van der Waals surface area contributed by atoms with Crippen molar-refractivity contribution in [2.45, 2.75) is 32.6 Å². The number of hydrogen-bond donors (Lipinski definition) is 16. The maximum atomic E-state index is 10.9. The standard InChI is InChI=1S/C24H30ClN2O.3C9H6N4O4S.2C7H7N3O2.C3H4N4O2S.2CH5N3.Co.3H2O/c1-7-24(3)20-15-18(25)11-13-21(20)27(6)23(24)14-10-17-9-12-19(26(4)5)16-22(17)28-8-2;3*14-5-1-2-6(7(15)3-5)11-12-9-10-4-8(18-9)13(16)17;2*8-4-9-10-6-2-1-5(11)3-7(6)12;4-6-3-5-1-2(10-3)7(8)9;2*2-1-4-3;;;;/h9-16H,7-8H2,1-6H3;2*1-4H,(H2,10,12,14,15);1-4,14-15H;2*1-4,8,11-12H;1H,4H2,(H,5,6);2*1H,3H2,(H2,2,4);;3*1H2/q+1;;;;;;;;;;;;/p-2. The zero-order chi connectivity index (χ0) is 92.2. The largest absolute Gasteiger partial charge is 0.508 e. The topological polar surface area (TPSA) is 871 Å². The van der Waals surface area contributed by atoms with E-state index in [1.807, 2.05) is 27.1 Å². The zero-order valence-corrected chi connectivity index (χ0v) is 72.0. The number of aliphatic hydroxyl groups is 2. The van der Waals surface area contributed by atoms with Gasteiger partial charge in [-0.1, -0.05) is 41.2 Å². The van der Waals surface area contributed by atoms with E-state index in [1.165, 1.54) is 77.7 Å². The number of hydrogen-bond acceptors (Lipinski definition) is 42. The number of carbonyl (C=O) groups excluding carboxylic acids is 2. The van der Waals surface area contributed by atoms with Gasteiger partial charge in [0.25, 0.3) is 0 Å². The number of azo groups is 3. The molecule has 4 aromatic heterocycles. The molecule has 0 spiro atoms. The molecule has 0 amide bonds. The Balaban J connectivity index is 0.00000147. The maximum absolute atomic E-state index is 10.9.